The van der Waals surface area contributed by atoms with E-state index in [4.69, 9.17) is 0 Å². The smallest absolute Gasteiger partial charge is 0.0276 e. The zero-order valence-electron chi connectivity index (χ0n) is 16.0. The maximum Gasteiger partial charge on any atom is 0.0276 e. The van der Waals surface area contributed by atoms with Crippen molar-refractivity contribution in [2.24, 2.45) is 0 Å². The van der Waals surface area contributed by atoms with Gasteiger partial charge < -0.3 is 0 Å². The van der Waals surface area contributed by atoms with Crippen LogP contribution in [0.2, 0.25) is 0 Å². The van der Waals surface area contributed by atoms with Gasteiger partial charge in [0.2, 0.25) is 0 Å². The van der Waals surface area contributed by atoms with Crippen molar-refractivity contribution in [3.05, 3.63) is 118 Å². The molecule has 1 heteroatoms. The number of thiophene rings is 1. The summed E-state index contributed by atoms with van der Waals surface area (Å²) in [5.74, 6) is 0. The van der Waals surface area contributed by atoms with Gasteiger partial charge in [0.05, 0.1) is 0 Å². The maximum absolute atomic E-state index is 2.21. The Kier molecular flexibility index (Phi) is 4.81. The van der Waals surface area contributed by atoms with E-state index in [1.165, 1.54) is 42.4 Å². The second-order valence-electron chi connectivity index (χ2n) is 7.04. The quantitative estimate of drug-likeness (QED) is 0.290. The molecule has 0 amide bonds. The average Bonchev–Trinajstić information content (AvgIpc) is 3.24. The maximum atomic E-state index is 2.21. The molecule has 29 heavy (non-hydrogen) atoms. The summed E-state index contributed by atoms with van der Waals surface area (Å²) in [7, 11) is 0. The zero-order chi connectivity index (χ0) is 19.5. The topological polar surface area (TPSA) is 0 Å². The molecular formula is C28H20S. The number of benzene rings is 4. The Bertz CT molecular complexity index is 1240. The lowest BCUT2D eigenvalue weighted by Gasteiger charge is -2.01. The minimum Gasteiger partial charge on any atom is -0.137 e. The normalized spacial score (nSPS) is 11.9. The first-order chi connectivity index (χ1) is 14.4. The summed E-state index contributed by atoms with van der Waals surface area (Å²) in [4.78, 5) is 2.52. The molecule has 5 aromatic rings. The van der Waals surface area contributed by atoms with Crippen molar-refractivity contribution in [2.45, 2.75) is 0 Å². The molecule has 0 radical (unpaired) electrons. The van der Waals surface area contributed by atoms with Gasteiger partial charge in [-0.3, -0.25) is 0 Å². The predicted molar refractivity (Wildman–Crippen MR) is 130 cm³/mol. The van der Waals surface area contributed by atoms with E-state index in [1.807, 2.05) is 11.3 Å². The summed E-state index contributed by atoms with van der Waals surface area (Å²) in [5.41, 5.74) is 2.51. The van der Waals surface area contributed by atoms with Gasteiger partial charge in [-0.1, -0.05) is 97.1 Å². The Hall–Kier alpha value is -3.42. The van der Waals surface area contributed by atoms with Crippen LogP contribution in [-0.4, -0.2) is 0 Å². The van der Waals surface area contributed by atoms with Crippen molar-refractivity contribution in [3.8, 4) is 0 Å². The summed E-state index contributed by atoms with van der Waals surface area (Å²) >= 11 is 1.81. The predicted octanol–water partition coefficient (Wildman–Crippen LogP) is 8.40. The number of rotatable bonds is 4. The van der Waals surface area contributed by atoms with Gasteiger partial charge in [-0.2, -0.15) is 0 Å². The van der Waals surface area contributed by atoms with Crippen LogP contribution in [0.4, 0.5) is 0 Å². The van der Waals surface area contributed by atoms with E-state index in [0.717, 1.165) is 0 Å². The van der Waals surface area contributed by atoms with E-state index in [9.17, 15) is 0 Å². The highest BCUT2D eigenvalue weighted by Crippen LogP contribution is 2.25. The first-order valence-corrected chi connectivity index (χ1v) is 10.6. The molecule has 1 heterocycles. The highest BCUT2D eigenvalue weighted by atomic mass is 32.1. The third-order valence-corrected chi connectivity index (χ3v) is 6.16. The fourth-order valence-electron chi connectivity index (χ4n) is 3.68. The van der Waals surface area contributed by atoms with Crippen molar-refractivity contribution in [1.82, 2.24) is 0 Å². The number of hydrogen-bond acceptors (Lipinski definition) is 1. The van der Waals surface area contributed by atoms with Crippen molar-refractivity contribution in [3.63, 3.8) is 0 Å². The molecule has 0 bridgehead atoms. The molecule has 0 fully saturated rings. The first kappa shape index (κ1) is 17.7. The Labute approximate surface area is 175 Å². The third kappa shape index (κ3) is 3.78. The second-order valence-corrected chi connectivity index (χ2v) is 8.19. The van der Waals surface area contributed by atoms with E-state index in [-0.39, 0.29) is 0 Å². The number of hydrogen-bond donors (Lipinski definition) is 0. The lowest BCUT2D eigenvalue weighted by atomic mass is 10.0. The molecule has 0 saturated heterocycles. The molecule has 138 valence electrons. The fourth-order valence-corrected chi connectivity index (χ4v) is 4.50. The lowest BCUT2D eigenvalue weighted by molar-refractivity contribution is 1.71. The molecule has 1 aromatic heterocycles. The van der Waals surface area contributed by atoms with Crippen LogP contribution in [0, 0.1) is 0 Å². The Morgan fingerprint density at radius 3 is 1.38 bits per heavy atom. The molecule has 0 unspecified atom stereocenters. The van der Waals surface area contributed by atoms with Crippen molar-refractivity contribution in [1.29, 1.82) is 0 Å². The zero-order valence-corrected chi connectivity index (χ0v) is 16.8. The Balaban J connectivity index is 1.39. The molecule has 0 atom stereocenters. The molecule has 0 saturated carbocycles. The van der Waals surface area contributed by atoms with Crippen molar-refractivity contribution < 1.29 is 0 Å². The SMILES string of the molecule is C(=C\c1cccc2ccccc12)/c1ccc(/C=C/c2cccc3ccccc23)s1. The largest absolute Gasteiger partial charge is 0.137 e. The van der Waals surface area contributed by atoms with E-state index < -0.39 is 0 Å². The summed E-state index contributed by atoms with van der Waals surface area (Å²) in [6.45, 7) is 0. The van der Waals surface area contributed by atoms with Crippen molar-refractivity contribution in [2.75, 3.05) is 0 Å². The minimum atomic E-state index is 1.25. The van der Waals surface area contributed by atoms with Gasteiger partial charge in [0.25, 0.3) is 0 Å². The molecule has 0 nitrogen and oxygen atoms in total. The first-order valence-electron chi connectivity index (χ1n) is 9.78. The van der Waals surface area contributed by atoms with Crippen LogP contribution in [0.1, 0.15) is 20.9 Å². The molecular weight excluding hydrogens is 368 g/mol. The second kappa shape index (κ2) is 7.90. The van der Waals surface area contributed by atoms with Crippen LogP contribution in [0.5, 0.6) is 0 Å². The molecule has 0 aliphatic rings. The Morgan fingerprint density at radius 1 is 0.414 bits per heavy atom. The molecule has 0 N–H and O–H groups in total. The fraction of sp³-hybridized carbons (Fsp3) is 0. The van der Waals surface area contributed by atoms with Crippen molar-refractivity contribution >= 4 is 57.2 Å². The van der Waals surface area contributed by atoms with E-state index in [0.29, 0.717) is 0 Å². The summed E-state index contributed by atoms with van der Waals surface area (Å²) in [6.07, 6.45) is 8.85. The highest BCUT2D eigenvalue weighted by molar-refractivity contribution is 7.13. The van der Waals surface area contributed by atoms with Gasteiger partial charge in [0.1, 0.15) is 0 Å². The molecule has 5 rings (SSSR count). The van der Waals surface area contributed by atoms with E-state index in [2.05, 4.69) is 121 Å². The van der Waals surface area contributed by atoms with Crippen LogP contribution in [-0.2, 0) is 0 Å². The molecule has 4 aromatic carbocycles. The monoisotopic (exact) mass is 388 g/mol. The van der Waals surface area contributed by atoms with E-state index >= 15 is 0 Å². The minimum absolute atomic E-state index is 1.25. The molecule has 0 spiro atoms. The average molecular weight is 389 g/mol. The summed E-state index contributed by atoms with van der Waals surface area (Å²) < 4.78 is 0. The van der Waals surface area contributed by atoms with Crippen LogP contribution < -0.4 is 0 Å². The third-order valence-electron chi connectivity index (χ3n) is 5.15. The van der Waals surface area contributed by atoms with Gasteiger partial charge in [-0.25, -0.2) is 0 Å². The summed E-state index contributed by atoms with van der Waals surface area (Å²) in [5, 5.41) is 5.14. The molecule has 0 aliphatic heterocycles. The van der Waals surface area contributed by atoms with Gasteiger partial charge >= 0.3 is 0 Å². The van der Waals surface area contributed by atoms with Gasteiger partial charge in [0, 0.05) is 9.75 Å². The van der Waals surface area contributed by atoms with Crippen LogP contribution in [0.3, 0.4) is 0 Å². The Morgan fingerprint density at radius 2 is 0.862 bits per heavy atom. The molecule has 0 aliphatic carbocycles. The number of fused-ring (bicyclic) bond motifs is 2. The van der Waals surface area contributed by atoms with Gasteiger partial charge in [0.15, 0.2) is 0 Å². The summed E-state index contributed by atoms with van der Waals surface area (Å²) in [6, 6.07) is 34.3. The van der Waals surface area contributed by atoms with E-state index in [1.54, 1.807) is 0 Å². The van der Waals surface area contributed by atoms with Crippen LogP contribution in [0.15, 0.2) is 97.1 Å². The van der Waals surface area contributed by atoms with Gasteiger partial charge in [-0.15, -0.1) is 11.3 Å². The lowest BCUT2D eigenvalue weighted by Crippen LogP contribution is -1.77. The van der Waals surface area contributed by atoms with Gasteiger partial charge in [-0.05, 0) is 57.0 Å². The van der Waals surface area contributed by atoms with Crippen LogP contribution >= 0.6 is 11.3 Å². The highest BCUT2D eigenvalue weighted by Gasteiger charge is 1.99. The standard InChI is InChI=1S/C28H20S/c1-3-13-27-21(7-1)9-5-11-23(27)15-17-25-19-20-26(29-25)18-16-24-12-6-10-22-8-2-4-14-28(22)24/h1-20H/b17-15+,18-16+. The van der Waals surface area contributed by atoms with Crippen LogP contribution in [0.25, 0.3) is 45.8 Å².